The summed E-state index contributed by atoms with van der Waals surface area (Å²) < 4.78 is 6.20. The highest BCUT2D eigenvalue weighted by Gasteiger charge is 2.61. The summed E-state index contributed by atoms with van der Waals surface area (Å²) in [5.41, 5.74) is 0.425. The number of methoxy groups -OCH3 is 1. The number of amides is 2. The molecule has 0 radical (unpaired) electrons. The molecular weight excluding hydrogens is 420 g/mol. The molecule has 1 saturated heterocycles. The van der Waals surface area contributed by atoms with Crippen molar-refractivity contribution in [1.29, 1.82) is 0 Å². The Morgan fingerprint density at radius 2 is 1.96 bits per heavy atom. The zero-order chi connectivity index (χ0) is 19.7. The van der Waals surface area contributed by atoms with Gasteiger partial charge in [-0.3, -0.25) is 4.79 Å². The summed E-state index contributed by atoms with van der Waals surface area (Å²) in [5.74, 6) is 1.38. The molecule has 4 aliphatic carbocycles. The van der Waals surface area contributed by atoms with Gasteiger partial charge >= 0.3 is 12.0 Å². The van der Waals surface area contributed by atoms with E-state index in [4.69, 9.17) is 4.74 Å². The Hall–Kier alpha value is -1.56. The Labute approximate surface area is 174 Å². The van der Waals surface area contributed by atoms with Crippen molar-refractivity contribution >= 4 is 27.9 Å². The van der Waals surface area contributed by atoms with Crippen LogP contribution in [-0.4, -0.2) is 36.6 Å². The number of carbonyl (C=O) groups is 2. The zero-order valence-corrected chi connectivity index (χ0v) is 18.0. The minimum atomic E-state index is -0.393. The van der Waals surface area contributed by atoms with Crippen molar-refractivity contribution in [3.8, 4) is 0 Å². The van der Waals surface area contributed by atoms with E-state index >= 15 is 0 Å². The molecule has 28 heavy (non-hydrogen) atoms. The van der Waals surface area contributed by atoms with Crippen molar-refractivity contribution < 1.29 is 14.3 Å². The number of esters is 1. The second-order valence-corrected chi connectivity index (χ2v) is 10.5. The fraction of sp³-hybridized carbons (Fsp3) is 0.636. The quantitative estimate of drug-likeness (QED) is 0.712. The lowest BCUT2D eigenvalue weighted by molar-refractivity contribution is -0.174. The van der Waals surface area contributed by atoms with Gasteiger partial charge in [0.25, 0.3) is 0 Å². The number of nitrogens with one attached hydrogen (secondary N) is 1. The summed E-state index contributed by atoms with van der Waals surface area (Å²) in [5, 5.41) is 3.25. The molecule has 3 unspecified atom stereocenters. The Morgan fingerprint density at radius 3 is 2.61 bits per heavy atom. The number of urea groups is 1. The van der Waals surface area contributed by atoms with Crippen LogP contribution in [0.15, 0.2) is 28.7 Å². The maximum absolute atomic E-state index is 13.1. The molecule has 150 valence electrons. The fourth-order valence-corrected chi connectivity index (χ4v) is 7.37. The minimum Gasteiger partial charge on any atom is -0.469 e. The Bertz CT molecular complexity index is 827. The van der Waals surface area contributed by atoms with Crippen LogP contribution in [-0.2, 0) is 15.1 Å². The van der Waals surface area contributed by atoms with Crippen LogP contribution < -0.4 is 5.32 Å². The lowest BCUT2D eigenvalue weighted by atomic mass is 9.47. The van der Waals surface area contributed by atoms with Crippen LogP contribution in [0.4, 0.5) is 4.79 Å². The van der Waals surface area contributed by atoms with Gasteiger partial charge in [-0.25, -0.2) is 4.79 Å². The topological polar surface area (TPSA) is 58.6 Å². The third-order valence-corrected chi connectivity index (χ3v) is 8.29. The van der Waals surface area contributed by atoms with Gasteiger partial charge in [0, 0.05) is 17.1 Å². The summed E-state index contributed by atoms with van der Waals surface area (Å²) in [4.78, 5) is 27.7. The van der Waals surface area contributed by atoms with Crippen molar-refractivity contribution in [2.45, 2.75) is 50.6 Å². The van der Waals surface area contributed by atoms with Gasteiger partial charge in [0.15, 0.2) is 0 Å². The number of carbonyl (C=O) groups excluding carboxylic acids is 2. The van der Waals surface area contributed by atoms with E-state index in [1.807, 2.05) is 12.1 Å². The van der Waals surface area contributed by atoms with E-state index < -0.39 is 5.54 Å². The second-order valence-electron chi connectivity index (χ2n) is 9.63. The van der Waals surface area contributed by atoms with Crippen LogP contribution in [0.2, 0.25) is 0 Å². The first-order valence-electron chi connectivity index (χ1n) is 10.3. The average Bonchev–Trinajstić information content (AvgIpc) is 2.96. The van der Waals surface area contributed by atoms with Crippen LogP contribution in [0.5, 0.6) is 0 Å². The van der Waals surface area contributed by atoms with Gasteiger partial charge in [-0.15, -0.1) is 0 Å². The SMILES string of the molecule is COC(=O)C12CC3CC(C1)C(N1CC(C)(c4cccc(Br)c4)NC1=O)C(C3)C2. The molecule has 3 atom stereocenters. The van der Waals surface area contributed by atoms with Gasteiger partial charge in [0.2, 0.25) is 0 Å². The first kappa shape index (κ1) is 18.5. The molecule has 1 aromatic rings. The molecule has 5 fully saturated rings. The number of hydrogen-bond acceptors (Lipinski definition) is 3. The van der Waals surface area contributed by atoms with Crippen LogP contribution in [0, 0.1) is 23.2 Å². The van der Waals surface area contributed by atoms with E-state index in [-0.39, 0.29) is 23.5 Å². The lowest BCUT2D eigenvalue weighted by Crippen LogP contribution is -2.61. The van der Waals surface area contributed by atoms with Crippen molar-refractivity contribution in [1.82, 2.24) is 10.2 Å². The van der Waals surface area contributed by atoms with Crippen molar-refractivity contribution in [2.24, 2.45) is 23.2 Å². The molecule has 4 saturated carbocycles. The maximum Gasteiger partial charge on any atom is 0.318 e. The Kier molecular flexibility index (Phi) is 4.10. The Balaban J connectivity index is 1.42. The molecule has 2 amide bonds. The van der Waals surface area contributed by atoms with E-state index in [2.05, 4.69) is 45.2 Å². The van der Waals surface area contributed by atoms with E-state index in [9.17, 15) is 9.59 Å². The average molecular weight is 447 g/mol. The van der Waals surface area contributed by atoms with E-state index in [1.54, 1.807) is 0 Å². The number of benzene rings is 1. The van der Waals surface area contributed by atoms with Gasteiger partial charge in [0.1, 0.15) is 0 Å². The summed E-state index contributed by atoms with van der Waals surface area (Å²) in [6, 6.07) is 8.47. The molecular formula is C22H27BrN2O3. The van der Waals surface area contributed by atoms with Gasteiger partial charge < -0.3 is 15.0 Å². The summed E-state index contributed by atoms with van der Waals surface area (Å²) >= 11 is 3.55. The van der Waals surface area contributed by atoms with Crippen LogP contribution >= 0.6 is 15.9 Å². The predicted octanol–water partition coefficient (Wildman–Crippen LogP) is 4.06. The van der Waals surface area contributed by atoms with E-state index in [0.717, 1.165) is 42.1 Å². The fourth-order valence-electron chi connectivity index (χ4n) is 6.97. The molecule has 1 aromatic carbocycles. The standard InChI is InChI=1S/C22H27BrN2O3/c1-21(16-4-3-5-17(23)8-16)12-25(20(27)24-21)18-14-6-13-7-15(18)11-22(9-13,10-14)19(26)28-2/h3-5,8,13-15,18H,6-7,9-12H2,1-2H3,(H,24,27). The molecule has 4 bridgehead atoms. The van der Waals surface area contributed by atoms with Crippen molar-refractivity contribution in [2.75, 3.05) is 13.7 Å². The summed E-state index contributed by atoms with van der Waals surface area (Å²) in [7, 11) is 1.51. The maximum atomic E-state index is 13.1. The smallest absolute Gasteiger partial charge is 0.318 e. The highest BCUT2D eigenvalue weighted by Crippen LogP contribution is 2.61. The molecule has 1 heterocycles. The molecule has 6 rings (SSSR count). The molecule has 0 spiro atoms. The van der Waals surface area contributed by atoms with E-state index in [0.29, 0.717) is 24.3 Å². The number of nitrogens with zero attached hydrogens (tertiary/aromatic N) is 1. The number of ether oxygens (including phenoxy) is 1. The monoisotopic (exact) mass is 446 g/mol. The molecule has 5 nitrogen and oxygen atoms in total. The van der Waals surface area contributed by atoms with Gasteiger partial charge in [-0.2, -0.15) is 0 Å². The first-order valence-corrected chi connectivity index (χ1v) is 11.1. The summed E-state index contributed by atoms with van der Waals surface area (Å²) in [6.45, 7) is 2.79. The molecule has 6 heteroatoms. The van der Waals surface area contributed by atoms with Crippen molar-refractivity contribution in [3.63, 3.8) is 0 Å². The molecule has 0 aromatic heterocycles. The van der Waals surface area contributed by atoms with Crippen molar-refractivity contribution in [3.05, 3.63) is 34.3 Å². The summed E-state index contributed by atoms with van der Waals surface area (Å²) in [6.07, 6.45) is 4.99. The molecule has 5 aliphatic rings. The minimum absolute atomic E-state index is 0.0322. The van der Waals surface area contributed by atoms with Crippen LogP contribution in [0.25, 0.3) is 0 Å². The molecule has 1 N–H and O–H groups in total. The van der Waals surface area contributed by atoms with E-state index in [1.165, 1.54) is 7.11 Å². The largest absolute Gasteiger partial charge is 0.469 e. The van der Waals surface area contributed by atoms with Gasteiger partial charge in [-0.05, 0) is 74.5 Å². The van der Waals surface area contributed by atoms with Gasteiger partial charge in [0.05, 0.1) is 18.1 Å². The lowest BCUT2D eigenvalue weighted by Gasteiger charge is -2.60. The predicted molar refractivity (Wildman–Crippen MR) is 109 cm³/mol. The normalized spacial score (nSPS) is 41.2. The number of hydrogen-bond donors (Lipinski definition) is 1. The van der Waals surface area contributed by atoms with Gasteiger partial charge in [-0.1, -0.05) is 28.1 Å². The third kappa shape index (κ3) is 2.63. The number of halogens is 1. The third-order valence-electron chi connectivity index (χ3n) is 7.79. The highest BCUT2D eigenvalue weighted by molar-refractivity contribution is 9.10. The zero-order valence-electron chi connectivity index (χ0n) is 16.4. The number of rotatable bonds is 3. The Morgan fingerprint density at radius 1 is 1.25 bits per heavy atom. The highest BCUT2D eigenvalue weighted by atomic mass is 79.9. The molecule has 1 aliphatic heterocycles. The first-order chi connectivity index (χ1) is 13.3. The van der Waals surface area contributed by atoms with Crippen LogP contribution in [0.3, 0.4) is 0 Å². The second kappa shape index (κ2) is 6.22. The van der Waals surface area contributed by atoms with Crippen LogP contribution in [0.1, 0.15) is 44.6 Å².